The van der Waals surface area contributed by atoms with Crippen molar-refractivity contribution in [3.63, 3.8) is 0 Å². The zero-order chi connectivity index (χ0) is 14.5. The average molecular weight is 357 g/mol. The van der Waals surface area contributed by atoms with E-state index in [0.717, 1.165) is 9.37 Å². The molecule has 0 radical (unpaired) electrons. The number of thioether (sulfide) groups is 1. The van der Waals surface area contributed by atoms with Gasteiger partial charge in [0.2, 0.25) is 0 Å². The van der Waals surface area contributed by atoms with Crippen LogP contribution < -0.4 is 4.74 Å². The first-order valence-corrected chi connectivity index (χ1v) is 7.78. The van der Waals surface area contributed by atoms with E-state index in [9.17, 15) is 9.50 Å². The summed E-state index contributed by atoms with van der Waals surface area (Å²) < 4.78 is 19.4. The molecule has 5 heteroatoms. The SMILES string of the molecule is COc1ccc(F)cc1C(O)CSc1ccccc1Br. The molecule has 0 bridgehead atoms. The van der Waals surface area contributed by atoms with Crippen LogP contribution in [-0.2, 0) is 0 Å². The molecule has 0 saturated carbocycles. The van der Waals surface area contributed by atoms with Gasteiger partial charge in [0.1, 0.15) is 11.6 Å². The molecule has 0 aliphatic carbocycles. The smallest absolute Gasteiger partial charge is 0.124 e. The number of benzene rings is 2. The highest BCUT2D eigenvalue weighted by molar-refractivity contribution is 9.10. The van der Waals surface area contributed by atoms with E-state index in [0.29, 0.717) is 17.1 Å². The minimum Gasteiger partial charge on any atom is -0.496 e. The fourth-order valence-corrected chi connectivity index (χ4v) is 3.31. The van der Waals surface area contributed by atoms with Crippen LogP contribution in [0.15, 0.2) is 51.8 Å². The van der Waals surface area contributed by atoms with Crippen LogP contribution in [-0.4, -0.2) is 18.0 Å². The van der Waals surface area contributed by atoms with E-state index in [-0.39, 0.29) is 5.82 Å². The zero-order valence-electron chi connectivity index (χ0n) is 10.8. The van der Waals surface area contributed by atoms with Crippen LogP contribution in [0.4, 0.5) is 4.39 Å². The molecule has 0 aliphatic heterocycles. The van der Waals surface area contributed by atoms with Crippen LogP contribution in [0.2, 0.25) is 0 Å². The molecule has 1 unspecified atom stereocenters. The Bertz CT molecular complexity index is 592. The van der Waals surface area contributed by atoms with E-state index in [2.05, 4.69) is 15.9 Å². The molecule has 0 aliphatic rings. The predicted molar refractivity (Wildman–Crippen MR) is 82.8 cm³/mol. The van der Waals surface area contributed by atoms with Gasteiger partial charge in [0.15, 0.2) is 0 Å². The monoisotopic (exact) mass is 356 g/mol. The molecule has 2 nitrogen and oxygen atoms in total. The lowest BCUT2D eigenvalue weighted by molar-refractivity contribution is 0.198. The first-order chi connectivity index (χ1) is 9.61. The number of aliphatic hydroxyl groups is 1. The summed E-state index contributed by atoms with van der Waals surface area (Å²) in [6.45, 7) is 0. The number of ether oxygens (including phenoxy) is 1. The van der Waals surface area contributed by atoms with Crippen molar-refractivity contribution in [1.82, 2.24) is 0 Å². The van der Waals surface area contributed by atoms with Crippen LogP contribution in [0, 0.1) is 5.82 Å². The number of methoxy groups -OCH3 is 1. The Morgan fingerprint density at radius 2 is 2.05 bits per heavy atom. The van der Waals surface area contributed by atoms with E-state index in [1.807, 2.05) is 24.3 Å². The maximum absolute atomic E-state index is 13.3. The van der Waals surface area contributed by atoms with Crippen LogP contribution in [0.3, 0.4) is 0 Å². The number of rotatable bonds is 5. The lowest BCUT2D eigenvalue weighted by Crippen LogP contribution is -2.04. The number of aliphatic hydroxyl groups excluding tert-OH is 1. The summed E-state index contributed by atoms with van der Waals surface area (Å²) in [5, 5.41) is 10.2. The fourth-order valence-electron chi connectivity index (χ4n) is 1.79. The highest BCUT2D eigenvalue weighted by Crippen LogP contribution is 2.33. The van der Waals surface area contributed by atoms with Gasteiger partial charge >= 0.3 is 0 Å². The Labute approximate surface area is 130 Å². The molecule has 106 valence electrons. The van der Waals surface area contributed by atoms with Gasteiger partial charge in [-0.25, -0.2) is 4.39 Å². The largest absolute Gasteiger partial charge is 0.496 e. The minimum absolute atomic E-state index is 0.384. The van der Waals surface area contributed by atoms with Crippen LogP contribution >= 0.6 is 27.7 Å². The summed E-state index contributed by atoms with van der Waals surface area (Å²) in [5.74, 6) is 0.528. The molecule has 0 amide bonds. The molecular formula is C15H14BrFO2S. The molecule has 0 aromatic heterocycles. The van der Waals surface area contributed by atoms with Gasteiger partial charge < -0.3 is 9.84 Å². The summed E-state index contributed by atoms with van der Waals surface area (Å²) in [6, 6.07) is 11.9. The normalized spacial score (nSPS) is 12.2. The second-order valence-electron chi connectivity index (χ2n) is 4.14. The topological polar surface area (TPSA) is 29.5 Å². The first-order valence-electron chi connectivity index (χ1n) is 6.00. The molecule has 2 aromatic rings. The van der Waals surface area contributed by atoms with E-state index in [4.69, 9.17) is 4.74 Å². The van der Waals surface area contributed by atoms with Gasteiger partial charge in [0, 0.05) is 20.7 Å². The summed E-state index contributed by atoms with van der Waals surface area (Å²) >= 11 is 4.96. The fraction of sp³-hybridized carbons (Fsp3) is 0.200. The van der Waals surface area contributed by atoms with Gasteiger partial charge in [0.25, 0.3) is 0 Å². The van der Waals surface area contributed by atoms with E-state index in [1.165, 1.54) is 37.1 Å². The van der Waals surface area contributed by atoms with Gasteiger partial charge in [-0.05, 0) is 46.3 Å². The van der Waals surface area contributed by atoms with Gasteiger partial charge in [-0.15, -0.1) is 11.8 Å². The summed E-state index contributed by atoms with van der Waals surface area (Å²) in [5.41, 5.74) is 0.465. The molecule has 2 rings (SSSR count). The Morgan fingerprint density at radius 3 is 2.75 bits per heavy atom. The number of hydrogen-bond acceptors (Lipinski definition) is 3. The molecule has 0 heterocycles. The van der Waals surface area contributed by atoms with E-state index in [1.54, 1.807) is 0 Å². The van der Waals surface area contributed by atoms with Crippen molar-refractivity contribution in [3.05, 3.63) is 58.3 Å². The van der Waals surface area contributed by atoms with Gasteiger partial charge in [-0.2, -0.15) is 0 Å². The van der Waals surface area contributed by atoms with Gasteiger partial charge in [0.05, 0.1) is 13.2 Å². The second-order valence-corrected chi connectivity index (χ2v) is 6.06. The molecule has 0 saturated heterocycles. The molecule has 0 spiro atoms. The summed E-state index contributed by atoms with van der Waals surface area (Å²) in [6.07, 6.45) is -0.794. The third-order valence-electron chi connectivity index (χ3n) is 2.78. The van der Waals surface area contributed by atoms with Gasteiger partial charge in [-0.3, -0.25) is 0 Å². The predicted octanol–water partition coefficient (Wildman–Crippen LogP) is 4.42. The first kappa shape index (κ1) is 15.4. The van der Waals surface area contributed by atoms with Crippen LogP contribution in [0.25, 0.3) is 0 Å². The Morgan fingerprint density at radius 1 is 1.30 bits per heavy atom. The molecular weight excluding hydrogens is 343 g/mol. The zero-order valence-corrected chi connectivity index (χ0v) is 13.2. The molecule has 20 heavy (non-hydrogen) atoms. The third-order valence-corrected chi connectivity index (χ3v) is 4.89. The standard InChI is InChI=1S/C15H14BrFO2S/c1-19-14-7-6-10(17)8-11(14)13(18)9-20-15-5-3-2-4-12(15)16/h2-8,13,18H,9H2,1H3. The average Bonchev–Trinajstić information content (AvgIpc) is 2.46. The van der Waals surface area contributed by atoms with Crippen molar-refractivity contribution < 1.29 is 14.2 Å². The highest BCUT2D eigenvalue weighted by Gasteiger charge is 2.15. The molecule has 1 atom stereocenters. The molecule has 1 N–H and O–H groups in total. The van der Waals surface area contributed by atoms with Gasteiger partial charge in [-0.1, -0.05) is 12.1 Å². The molecule has 2 aromatic carbocycles. The van der Waals surface area contributed by atoms with Crippen molar-refractivity contribution in [2.24, 2.45) is 0 Å². The Balaban J connectivity index is 2.11. The minimum atomic E-state index is -0.794. The third kappa shape index (κ3) is 3.75. The van der Waals surface area contributed by atoms with Crippen molar-refractivity contribution in [1.29, 1.82) is 0 Å². The van der Waals surface area contributed by atoms with Crippen molar-refractivity contribution in [2.75, 3.05) is 12.9 Å². The number of halogens is 2. The number of hydrogen-bond donors (Lipinski definition) is 1. The summed E-state index contributed by atoms with van der Waals surface area (Å²) in [7, 11) is 1.50. The quantitative estimate of drug-likeness (QED) is 0.804. The van der Waals surface area contributed by atoms with Crippen LogP contribution in [0.5, 0.6) is 5.75 Å². The summed E-state index contributed by atoms with van der Waals surface area (Å²) in [4.78, 5) is 1.03. The van der Waals surface area contributed by atoms with Crippen molar-refractivity contribution >= 4 is 27.7 Å². The Kier molecular flexibility index (Phi) is 5.46. The van der Waals surface area contributed by atoms with E-state index < -0.39 is 6.10 Å². The van der Waals surface area contributed by atoms with Crippen molar-refractivity contribution in [3.8, 4) is 5.75 Å². The van der Waals surface area contributed by atoms with Crippen molar-refractivity contribution in [2.45, 2.75) is 11.0 Å². The second kappa shape index (κ2) is 7.11. The highest BCUT2D eigenvalue weighted by atomic mass is 79.9. The lowest BCUT2D eigenvalue weighted by Gasteiger charge is -2.15. The lowest BCUT2D eigenvalue weighted by atomic mass is 10.1. The maximum atomic E-state index is 13.3. The Hall–Kier alpha value is -1.04. The maximum Gasteiger partial charge on any atom is 0.124 e. The van der Waals surface area contributed by atoms with E-state index >= 15 is 0 Å². The van der Waals surface area contributed by atoms with Crippen LogP contribution in [0.1, 0.15) is 11.7 Å². The molecule has 0 fully saturated rings.